The predicted molar refractivity (Wildman–Crippen MR) is 106 cm³/mol. The molecule has 6 nitrogen and oxygen atoms in total. The summed E-state index contributed by atoms with van der Waals surface area (Å²) in [6, 6.07) is 9.60. The molecule has 6 heteroatoms. The van der Waals surface area contributed by atoms with Gasteiger partial charge in [-0.25, -0.2) is 9.97 Å². The van der Waals surface area contributed by atoms with Crippen molar-refractivity contribution >= 4 is 17.5 Å². The Morgan fingerprint density at radius 3 is 2.63 bits per heavy atom. The highest BCUT2D eigenvalue weighted by Crippen LogP contribution is 2.29. The summed E-state index contributed by atoms with van der Waals surface area (Å²) in [5.41, 5.74) is 1.53. The van der Waals surface area contributed by atoms with Gasteiger partial charge in [-0.2, -0.15) is 0 Å². The highest BCUT2D eigenvalue weighted by molar-refractivity contribution is 5.81. The van der Waals surface area contributed by atoms with Crippen molar-refractivity contribution in [3.63, 3.8) is 0 Å². The van der Waals surface area contributed by atoms with Crippen molar-refractivity contribution in [2.24, 2.45) is 5.41 Å². The Hall–Kier alpha value is -2.63. The van der Waals surface area contributed by atoms with Gasteiger partial charge >= 0.3 is 0 Å². The highest BCUT2D eigenvalue weighted by Gasteiger charge is 2.31. The number of methoxy groups -OCH3 is 1. The molecule has 1 amide bonds. The Balaban J connectivity index is 1.71. The van der Waals surface area contributed by atoms with E-state index in [4.69, 9.17) is 9.72 Å². The minimum atomic E-state index is -0.353. The molecular formula is C21H28N4O2. The van der Waals surface area contributed by atoms with E-state index < -0.39 is 0 Å². The summed E-state index contributed by atoms with van der Waals surface area (Å²) in [5.74, 6) is 1.82. The minimum absolute atomic E-state index is 0.206. The molecule has 1 unspecified atom stereocenters. The number of carbonyl (C=O) groups excluding carboxylic acids is 1. The van der Waals surface area contributed by atoms with Crippen LogP contribution in [0.3, 0.4) is 0 Å². The first kappa shape index (κ1) is 19.1. The number of rotatable bonds is 4. The van der Waals surface area contributed by atoms with Crippen LogP contribution in [0, 0.1) is 5.41 Å². The molecule has 3 rings (SSSR count). The van der Waals surface area contributed by atoms with Crippen molar-refractivity contribution in [3.8, 4) is 5.75 Å². The number of nitrogens with one attached hydrogen (secondary N) is 1. The molecule has 0 aliphatic carbocycles. The van der Waals surface area contributed by atoms with Crippen molar-refractivity contribution < 1.29 is 9.53 Å². The van der Waals surface area contributed by atoms with Gasteiger partial charge < -0.3 is 15.0 Å². The maximum atomic E-state index is 12.6. The van der Waals surface area contributed by atoms with Gasteiger partial charge in [-0.15, -0.1) is 0 Å². The van der Waals surface area contributed by atoms with Gasteiger partial charge in [0.1, 0.15) is 5.75 Å². The molecule has 1 aromatic carbocycles. The van der Waals surface area contributed by atoms with Crippen LogP contribution in [-0.4, -0.2) is 41.0 Å². The second-order valence-electron chi connectivity index (χ2n) is 8.00. The number of benzene rings is 1. The summed E-state index contributed by atoms with van der Waals surface area (Å²) >= 11 is 0. The minimum Gasteiger partial charge on any atom is -0.497 e. The lowest BCUT2D eigenvalue weighted by Crippen LogP contribution is -2.44. The number of anilines is 2. The van der Waals surface area contributed by atoms with Crippen LogP contribution in [0.15, 0.2) is 36.5 Å². The standard InChI is InChI=1S/C21H28N4O2/c1-21(2,3)19(26)25-13-5-6-15(14-25)18-11-12-22-20(24-18)23-16-7-9-17(27-4)10-8-16/h7-12,15H,5-6,13-14H2,1-4H3,(H,22,23,24). The Bertz CT molecular complexity index is 784. The molecule has 1 saturated heterocycles. The fraction of sp³-hybridized carbons (Fsp3) is 0.476. The van der Waals surface area contributed by atoms with Crippen molar-refractivity contribution in [1.82, 2.24) is 14.9 Å². The predicted octanol–water partition coefficient (Wildman–Crippen LogP) is 3.98. The van der Waals surface area contributed by atoms with E-state index in [9.17, 15) is 4.79 Å². The summed E-state index contributed by atoms with van der Waals surface area (Å²) in [5, 5.41) is 3.23. The lowest BCUT2D eigenvalue weighted by molar-refractivity contribution is -0.140. The third kappa shape index (κ3) is 4.76. The molecule has 0 spiro atoms. The Morgan fingerprint density at radius 2 is 1.96 bits per heavy atom. The number of carbonyl (C=O) groups is 1. The smallest absolute Gasteiger partial charge is 0.227 e. The molecule has 2 heterocycles. The van der Waals surface area contributed by atoms with Gasteiger partial charge in [0, 0.05) is 36.3 Å². The van der Waals surface area contributed by atoms with E-state index >= 15 is 0 Å². The first-order chi connectivity index (χ1) is 12.9. The fourth-order valence-electron chi connectivity index (χ4n) is 3.34. The first-order valence-corrected chi connectivity index (χ1v) is 9.40. The normalized spacial score (nSPS) is 17.5. The van der Waals surface area contributed by atoms with Gasteiger partial charge in [0.05, 0.1) is 12.8 Å². The summed E-state index contributed by atoms with van der Waals surface area (Å²) < 4.78 is 5.18. The third-order valence-corrected chi connectivity index (χ3v) is 4.79. The van der Waals surface area contributed by atoms with Crippen LogP contribution in [-0.2, 0) is 4.79 Å². The third-order valence-electron chi connectivity index (χ3n) is 4.79. The monoisotopic (exact) mass is 368 g/mol. The number of hydrogen-bond donors (Lipinski definition) is 1. The largest absolute Gasteiger partial charge is 0.497 e. The number of nitrogens with zero attached hydrogens (tertiary/aromatic N) is 3. The lowest BCUT2D eigenvalue weighted by Gasteiger charge is -2.36. The van der Waals surface area contributed by atoms with Crippen LogP contribution in [0.1, 0.15) is 45.2 Å². The summed E-state index contributed by atoms with van der Waals surface area (Å²) in [6.07, 6.45) is 3.81. The van der Waals surface area contributed by atoms with Crippen LogP contribution < -0.4 is 10.1 Å². The average molecular weight is 368 g/mol. The van der Waals surface area contributed by atoms with Gasteiger partial charge in [-0.05, 0) is 43.2 Å². The zero-order chi connectivity index (χ0) is 19.4. The molecule has 2 aromatic rings. The van der Waals surface area contributed by atoms with E-state index in [-0.39, 0.29) is 17.2 Å². The van der Waals surface area contributed by atoms with Crippen molar-refractivity contribution in [2.75, 3.05) is 25.5 Å². The zero-order valence-corrected chi connectivity index (χ0v) is 16.5. The van der Waals surface area contributed by atoms with Crippen LogP contribution in [0.5, 0.6) is 5.75 Å². The molecule has 1 atom stereocenters. The molecule has 1 fully saturated rings. The van der Waals surface area contributed by atoms with Crippen LogP contribution in [0.25, 0.3) is 0 Å². The Morgan fingerprint density at radius 1 is 1.22 bits per heavy atom. The maximum Gasteiger partial charge on any atom is 0.227 e. The van der Waals surface area contributed by atoms with E-state index in [1.807, 2.05) is 56.0 Å². The Kier molecular flexibility index (Phi) is 5.63. The Labute approximate surface area is 161 Å². The number of aromatic nitrogens is 2. The number of piperidine rings is 1. The van der Waals surface area contributed by atoms with Crippen molar-refractivity contribution in [1.29, 1.82) is 0 Å². The van der Waals surface area contributed by atoms with E-state index in [1.165, 1.54) is 0 Å². The molecule has 27 heavy (non-hydrogen) atoms. The molecule has 144 valence electrons. The first-order valence-electron chi connectivity index (χ1n) is 9.40. The van der Waals surface area contributed by atoms with Gasteiger partial charge in [0.2, 0.25) is 11.9 Å². The molecule has 1 N–H and O–H groups in total. The van der Waals surface area contributed by atoms with E-state index in [0.29, 0.717) is 5.95 Å². The van der Waals surface area contributed by atoms with Crippen LogP contribution in [0.2, 0.25) is 0 Å². The fourth-order valence-corrected chi connectivity index (χ4v) is 3.34. The SMILES string of the molecule is COc1ccc(Nc2nccc(C3CCCN(C(=O)C(C)(C)C)C3)n2)cc1. The van der Waals surface area contributed by atoms with Crippen molar-refractivity contribution in [3.05, 3.63) is 42.2 Å². The second-order valence-corrected chi connectivity index (χ2v) is 8.00. The quantitative estimate of drug-likeness (QED) is 0.884. The number of amides is 1. The topological polar surface area (TPSA) is 67.3 Å². The summed E-state index contributed by atoms with van der Waals surface area (Å²) in [6.45, 7) is 7.46. The summed E-state index contributed by atoms with van der Waals surface area (Å²) in [4.78, 5) is 23.6. The van der Waals surface area contributed by atoms with Gasteiger partial charge in [0.25, 0.3) is 0 Å². The second kappa shape index (κ2) is 7.94. The molecule has 0 saturated carbocycles. The molecule has 0 radical (unpaired) electrons. The lowest BCUT2D eigenvalue weighted by atomic mass is 9.90. The number of hydrogen-bond acceptors (Lipinski definition) is 5. The molecule has 1 aliphatic rings. The maximum absolute atomic E-state index is 12.6. The van der Waals surface area contributed by atoms with E-state index in [0.717, 1.165) is 43.1 Å². The zero-order valence-electron chi connectivity index (χ0n) is 16.5. The van der Waals surface area contributed by atoms with Crippen LogP contribution >= 0.6 is 0 Å². The van der Waals surface area contributed by atoms with Gasteiger partial charge in [-0.3, -0.25) is 4.79 Å². The highest BCUT2D eigenvalue weighted by atomic mass is 16.5. The molecule has 0 bridgehead atoms. The molecule has 1 aromatic heterocycles. The van der Waals surface area contributed by atoms with E-state index in [2.05, 4.69) is 10.3 Å². The average Bonchev–Trinajstić information content (AvgIpc) is 2.67. The molecule has 1 aliphatic heterocycles. The van der Waals surface area contributed by atoms with Gasteiger partial charge in [-0.1, -0.05) is 20.8 Å². The molecular weight excluding hydrogens is 340 g/mol. The van der Waals surface area contributed by atoms with Crippen molar-refractivity contribution in [2.45, 2.75) is 39.5 Å². The van der Waals surface area contributed by atoms with Gasteiger partial charge in [0.15, 0.2) is 0 Å². The number of likely N-dealkylation sites (tertiary alicyclic amines) is 1. The van der Waals surface area contributed by atoms with Crippen LogP contribution in [0.4, 0.5) is 11.6 Å². The number of ether oxygens (including phenoxy) is 1. The summed E-state index contributed by atoms with van der Waals surface area (Å²) in [7, 11) is 1.65. The van der Waals surface area contributed by atoms with E-state index in [1.54, 1.807) is 13.3 Å².